The van der Waals surface area contributed by atoms with E-state index in [1.807, 2.05) is 30.2 Å². The Morgan fingerprint density at radius 3 is 3.11 bits per heavy atom. The van der Waals surface area contributed by atoms with Crippen LogP contribution in [0.5, 0.6) is 0 Å². The highest BCUT2D eigenvalue weighted by Crippen LogP contribution is 2.27. The predicted octanol–water partition coefficient (Wildman–Crippen LogP) is 2.65. The van der Waals surface area contributed by atoms with Gasteiger partial charge in [-0.1, -0.05) is 0 Å². The number of amides is 1. The van der Waals surface area contributed by atoms with Crippen LogP contribution >= 0.6 is 0 Å². The number of rotatable bonds is 3. The highest BCUT2D eigenvalue weighted by Gasteiger charge is 2.32. The Balaban J connectivity index is 1.43. The highest BCUT2D eigenvalue weighted by atomic mass is 16.3. The molecule has 0 N–H and O–H groups in total. The van der Waals surface area contributed by atoms with Gasteiger partial charge in [0.25, 0.3) is 0 Å². The van der Waals surface area contributed by atoms with Crippen LogP contribution in [0.15, 0.2) is 29.0 Å². The Labute approximate surface area is 159 Å². The number of furan rings is 1. The number of likely N-dealkylation sites (tertiary alicyclic amines) is 1. The van der Waals surface area contributed by atoms with E-state index >= 15 is 0 Å². The van der Waals surface area contributed by atoms with E-state index in [2.05, 4.69) is 16.0 Å². The van der Waals surface area contributed by atoms with Gasteiger partial charge in [0.05, 0.1) is 30.0 Å². The summed E-state index contributed by atoms with van der Waals surface area (Å²) in [6, 6.07) is 6.16. The van der Waals surface area contributed by atoms with Crippen molar-refractivity contribution in [1.29, 1.82) is 5.26 Å². The average molecular weight is 364 g/mol. The molecule has 6 nitrogen and oxygen atoms in total. The molecule has 2 aromatic rings. The van der Waals surface area contributed by atoms with Crippen LogP contribution in [0.3, 0.4) is 0 Å². The number of carbonyl (C=O) groups excluding carboxylic acids is 1. The van der Waals surface area contributed by atoms with Gasteiger partial charge in [0.2, 0.25) is 5.91 Å². The van der Waals surface area contributed by atoms with Gasteiger partial charge in [0.15, 0.2) is 0 Å². The molecule has 1 saturated heterocycles. The predicted molar refractivity (Wildman–Crippen MR) is 99.5 cm³/mol. The van der Waals surface area contributed by atoms with Crippen LogP contribution in [-0.2, 0) is 24.3 Å². The van der Waals surface area contributed by atoms with Gasteiger partial charge >= 0.3 is 0 Å². The van der Waals surface area contributed by atoms with E-state index in [9.17, 15) is 10.1 Å². The van der Waals surface area contributed by atoms with Gasteiger partial charge < -0.3 is 9.32 Å². The molecule has 27 heavy (non-hydrogen) atoms. The number of nitrogens with zero attached hydrogens (tertiary/aromatic N) is 4. The van der Waals surface area contributed by atoms with Crippen molar-refractivity contribution in [2.24, 2.45) is 5.92 Å². The first kappa shape index (κ1) is 17.7. The quantitative estimate of drug-likeness (QED) is 0.837. The van der Waals surface area contributed by atoms with Crippen molar-refractivity contribution in [3.8, 4) is 6.07 Å². The molecule has 0 aliphatic carbocycles. The lowest BCUT2D eigenvalue weighted by Crippen LogP contribution is -2.46. The van der Waals surface area contributed by atoms with Crippen molar-refractivity contribution < 1.29 is 9.21 Å². The maximum absolute atomic E-state index is 13.1. The fourth-order valence-electron chi connectivity index (χ4n) is 4.27. The Bertz CT molecular complexity index is 869. The van der Waals surface area contributed by atoms with E-state index < -0.39 is 0 Å². The zero-order chi connectivity index (χ0) is 18.8. The number of pyridine rings is 1. The lowest BCUT2D eigenvalue weighted by atomic mass is 9.92. The molecule has 0 radical (unpaired) electrons. The van der Waals surface area contributed by atoms with Gasteiger partial charge in [-0.3, -0.25) is 14.7 Å². The summed E-state index contributed by atoms with van der Waals surface area (Å²) in [6.07, 6.45) is 6.22. The molecule has 0 aromatic carbocycles. The molecule has 140 valence electrons. The van der Waals surface area contributed by atoms with E-state index in [1.54, 1.807) is 6.26 Å². The van der Waals surface area contributed by atoms with Crippen molar-refractivity contribution in [1.82, 2.24) is 14.8 Å². The van der Waals surface area contributed by atoms with Crippen LogP contribution in [0.2, 0.25) is 0 Å². The lowest BCUT2D eigenvalue weighted by Gasteiger charge is -2.36. The van der Waals surface area contributed by atoms with Crippen molar-refractivity contribution in [2.75, 3.05) is 19.6 Å². The molecular formula is C21H24N4O2. The first-order valence-corrected chi connectivity index (χ1v) is 9.56. The summed E-state index contributed by atoms with van der Waals surface area (Å²) in [5, 5.41) is 9.40. The molecule has 0 spiro atoms. The molecule has 2 aromatic heterocycles. The third-order valence-electron chi connectivity index (χ3n) is 5.70. The third-order valence-corrected chi connectivity index (χ3v) is 5.70. The highest BCUT2D eigenvalue weighted by molar-refractivity contribution is 5.79. The number of hydrogen-bond donors (Lipinski definition) is 0. The van der Waals surface area contributed by atoms with Crippen LogP contribution < -0.4 is 0 Å². The van der Waals surface area contributed by atoms with Crippen molar-refractivity contribution in [3.05, 3.63) is 52.7 Å². The molecule has 4 heterocycles. The van der Waals surface area contributed by atoms with Gasteiger partial charge in [0, 0.05) is 25.8 Å². The second-order valence-electron chi connectivity index (χ2n) is 7.50. The topological polar surface area (TPSA) is 73.4 Å². The zero-order valence-electron chi connectivity index (χ0n) is 15.6. The van der Waals surface area contributed by atoms with Crippen molar-refractivity contribution >= 4 is 5.91 Å². The molecule has 1 amide bonds. The SMILES string of the molecule is Cc1ncc2c(c1C#N)CCN(C(=O)C1CCCN(Cc3ccco3)C1)C2. The first-order valence-electron chi connectivity index (χ1n) is 9.56. The van der Waals surface area contributed by atoms with Crippen LogP contribution in [0.25, 0.3) is 0 Å². The van der Waals surface area contributed by atoms with Crippen LogP contribution in [0.4, 0.5) is 0 Å². The summed E-state index contributed by atoms with van der Waals surface area (Å²) < 4.78 is 5.45. The molecule has 1 unspecified atom stereocenters. The molecule has 0 saturated carbocycles. The fraction of sp³-hybridized carbons (Fsp3) is 0.476. The Morgan fingerprint density at radius 1 is 1.44 bits per heavy atom. The van der Waals surface area contributed by atoms with E-state index in [1.165, 1.54) is 0 Å². The van der Waals surface area contributed by atoms with Crippen molar-refractivity contribution in [3.63, 3.8) is 0 Å². The molecule has 4 rings (SSSR count). The molecule has 6 heteroatoms. The first-order chi connectivity index (χ1) is 13.2. The van der Waals surface area contributed by atoms with Crippen LogP contribution in [0.1, 0.15) is 41.0 Å². The molecule has 1 fully saturated rings. The number of piperidine rings is 1. The monoisotopic (exact) mass is 364 g/mol. The molecular weight excluding hydrogens is 340 g/mol. The maximum Gasteiger partial charge on any atom is 0.227 e. The summed E-state index contributed by atoms with van der Waals surface area (Å²) in [6.45, 7) is 5.64. The molecule has 2 aliphatic heterocycles. The van der Waals surface area contributed by atoms with Gasteiger partial charge in [-0.2, -0.15) is 5.26 Å². The Hall–Kier alpha value is -2.65. The van der Waals surface area contributed by atoms with Gasteiger partial charge in [-0.05, 0) is 56.0 Å². The van der Waals surface area contributed by atoms with E-state index in [0.29, 0.717) is 18.7 Å². The maximum atomic E-state index is 13.1. The largest absolute Gasteiger partial charge is 0.468 e. The molecule has 1 atom stereocenters. The third kappa shape index (κ3) is 3.60. The van der Waals surface area contributed by atoms with E-state index in [4.69, 9.17) is 4.42 Å². The summed E-state index contributed by atoms with van der Waals surface area (Å²) >= 11 is 0. The molecule has 0 bridgehead atoms. The zero-order valence-corrected chi connectivity index (χ0v) is 15.6. The minimum Gasteiger partial charge on any atom is -0.468 e. The minimum absolute atomic E-state index is 0.0316. The normalized spacial score (nSPS) is 20.1. The Kier molecular flexibility index (Phi) is 4.95. The van der Waals surface area contributed by atoms with Gasteiger partial charge in [0.1, 0.15) is 11.8 Å². The van der Waals surface area contributed by atoms with Gasteiger partial charge in [-0.25, -0.2) is 0 Å². The number of aryl methyl sites for hydroxylation is 1. The second-order valence-corrected chi connectivity index (χ2v) is 7.50. The van der Waals surface area contributed by atoms with E-state index in [0.717, 1.165) is 61.5 Å². The average Bonchev–Trinajstić information content (AvgIpc) is 3.20. The van der Waals surface area contributed by atoms with E-state index in [-0.39, 0.29) is 11.8 Å². The second kappa shape index (κ2) is 7.53. The number of nitriles is 1. The summed E-state index contributed by atoms with van der Waals surface area (Å²) in [7, 11) is 0. The van der Waals surface area contributed by atoms with Crippen molar-refractivity contribution in [2.45, 2.75) is 39.3 Å². The fourth-order valence-corrected chi connectivity index (χ4v) is 4.27. The number of fused-ring (bicyclic) bond motifs is 1. The summed E-state index contributed by atoms with van der Waals surface area (Å²) in [4.78, 5) is 21.7. The summed E-state index contributed by atoms with van der Waals surface area (Å²) in [5.74, 6) is 1.20. The smallest absolute Gasteiger partial charge is 0.227 e. The standard InChI is InChI=1S/C21H24N4O2/c1-15-20(10-22)19-6-8-25(13-17(19)11-23-15)21(26)16-4-2-7-24(12-16)14-18-5-3-9-27-18/h3,5,9,11,16H,2,4,6-8,12-14H2,1H3. The molecule has 2 aliphatic rings. The Morgan fingerprint density at radius 2 is 2.33 bits per heavy atom. The number of hydrogen-bond acceptors (Lipinski definition) is 5. The number of aromatic nitrogens is 1. The lowest BCUT2D eigenvalue weighted by molar-refractivity contribution is -0.138. The number of carbonyl (C=O) groups is 1. The van der Waals surface area contributed by atoms with Crippen LogP contribution in [-0.4, -0.2) is 40.3 Å². The minimum atomic E-state index is 0.0316. The van der Waals surface area contributed by atoms with Crippen LogP contribution in [0, 0.1) is 24.2 Å². The summed E-state index contributed by atoms with van der Waals surface area (Å²) in [5.41, 5.74) is 3.54. The van der Waals surface area contributed by atoms with Gasteiger partial charge in [-0.15, -0.1) is 0 Å².